The Hall–Kier alpha value is -2.25. The molecule has 1 N–H and O–H groups in total. The van der Waals surface area contributed by atoms with Crippen LogP contribution in [-0.2, 0) is 4.79 Å². The van der Waals surface area contributed by atoms with Gasteiger partial charge in [-0.15, -0.1) is 0 Å². The van der Waals surface area contributed by atoms with Gasteiger partial charge < -0.3 is 10.0 Å². The van der Waals surface area contributed by atoms with Crippen molar-refractivity contribution < 1.29 is 23.6 Å². The van der Waals surface area contributed by atoms with Gasteiger partial charge >= 0.3 is 5.97 Å². The second kappa shape index (κ2) is 6.27. The Bertz CT molecular complexity index is 534. The fraction of sp³-hybridized carbons (Fsp3) is 0.417. The molecule has 0 aliphatic carbocycles. The fourth-order valence-corrected chi connectivity index (χ4v) is 1.79. The van der Waals surface area contributed by atoms with Crippen LogP contribution in [0, 0.1) is 21.7 Å². The number of nitro groups is 1. The van der Waals surface area contributed by atoms with Crippen LogP contribution in [0.1, 0.15) is 20.3 Å². The van der Waals surface area contributed by atoms with Crippen molar-refractivity contribution in [2.24, 2.45) is 0 Å². The Balaban J connectivity index is 3.33. The van der Waals surface area contributed by atoms with Gasteiger partial charge in [0.15, 0.2) is 17.3 Å². The number of rotatable bonds is 6. The third-order valence-corrected chi connectivity index (χ3v) is 2.72. The molecule has 0 aliphatic rings. The van der Waals surface area contributed by atoms with Gasteiger partial charge in [-0.05, 0) is 19.9 Å². The van der Waals surface area contributed by atoms with Gasteiger partial charge in [0.05, 0.1) is 11.3 Å². The van der Waals surface area contributed by atoms with Crippen molar-refractivity contribution in [2.45, 2.75) is 26.3 Å². The number of carbonyl (C=O) groups is 1. The molecule has 0 amide bonds. The third-order valence-electron chi connectivity index (χ3n) is 2.72. The van der Waals surface area contributed by atoms with Crippen LogP contribution in [0.25, 0.3) is 0 Å². The zero-order valence-corrected chi connectivity index (χ0v) is 11.0. The number of aliphatic carboxylic acids is 1. The molecule has 1 aromatic rings. The molecular formula is C12H14F2N2O4. The van der Waals surface area contributed by atoms with Gasteiger partial charge in [0.25, 0.3) is 5.69 Å². The van der Waals surface area contributed by atoms with E-state index in [9.17, 15) is 23.7 Å². The summed E-state index contributed by atoms with van der Waals surface area (Å²) in [6.45, 7) is 3.06. The van der Waals surface area contributed by atoms with E-state index in [-0.39, 0.29) is 13.0 Å². The topological polar surface area (TPSA) is 83.7 Å². The molecule has 1 aromatic carbocycles. The van der Waals surface area contributed by atoms with Crippen molar-refractivity contribution in [3.05, 3.63) is 33.9 Å². The van der Waals surface area contributed by atoms with E-state index in [2.05, 4.69) is 0 Å². The number of benzene rings is 1. The van der Waals surface area contributed by atoms with Gasteiger partial charge in [0.1, 0.15) is 0 Å². The summed E-state index contributed by atoms with van der Waals surface area (Å²) >= 11 is 0. The van der Waals surface area contributed by atoms with E-state index in [0.717, 1.165) is 6.07 Å². The SMILES string of the molecule is CC(C)N(CCC(=O)O)c1c([N+](=O)[O-])ccc(F)c1F. The highest BCUT2D eigenvalue weighted by molar-refractivity contribution is 5.69. The monoisotopic (exact) mass is 288 g/mol. The lowest BCUT2D eigenvalue weighted by Gasteiger charge is -2.28. The molecule has 0 aromatic heterocycles. The minimum absolute atomic E-state index is 0.159. The summed E-state index contributed by atoms with van der Waals surface area (Å²) in [6, 6.07) is 1.11. The maximum absolute atomic E-state index is 13.9. The maximum atomic E-state index is 13.9. The molecule has 6 nitrogen and oxygen atoms in total. The van der Waals surface area contributed by atoms with E-state index < -0.39 is 39.9 Å². The number of nitrogens with zero attached hydrogens (tertiary/aromatic N) is 2. The molecule has 0 saturated carbocycles. The molecule has 0 atom stereocenters. The molecule has 110 valence electrons. The lowest BCUT2D eigenvalue weighted by molar-refractivity contribution is -0.384. The van der Waals surface area contributed by atoms with Crippen molar-refractivity contribution in [1.29, 1.82) is 0 Å². The molecule has 0 bridgehead atoms. The molecule has 0 aliphatic heterocycles. The van der Waals surface area contributed by atoms with Crippen molar-refractivity contribution in [2.75, 3.05) is 11.4 Å². The van der Waals surface area contributed by atoms with Gasteiger partial charge in [0, 0.05) is 18.7 Å². The first-order valence-electron chi connectivity index (χ1n) is 5.86. The average Bonchev–Trinajstić information content (AvgIpc) is 2.33. The minimum atomic E-state index is -1.35. The lowest BCUT2D eigenvalue weighted by atomic mass is 10.1. The largest absolute Gasteiger partial charge is 0.481 e. The first-order valence-corrected chi connectivity index (χ1v) is 5.86. The molecule has 8 heteroatoms. The number of halogens is 2. The number of carboxylic acid groups (broad SMARTS) is 1. The Morgan fingerprint density at radius 1 is 1.45 bits per heavy atom. The molecule has 20 heavy (non-hydrogen) atoms. The summed E-state index contributed by atoms with van der Waals surface area (Å²) < 4.78 is 27.2. The predicted octanol–water partition coefficient (Wildman–Crippen LogP) is 2.56. The summed E-state index contributed by atoms with van der Waals surface area (Å²) in [4.78, 5) is 21.9. The Morgan fingerprint density at radius 2 is 2.05 bits per heavy atom. The van der Waals surface area contributed by atoms with Gasteiger partial charge in [-0.1, -0.05) is 0 Å². The van der Waals surface area contributed by atoms with Crippen molar-refractivity contribution in [3.8, 4) is 0 Å². The summed E-state index contributed by atoms with van der Waals surface area (Å²) in [6.07, 6.45) is -0.342. The lowest BCUT2D eigenvalue weighted by Crippen LogP contribution is -2.34. The molecule has 0 saturated heterocycles. The van der Waals surface area contributed by atoms with E-state index in [1.807, 2.05) is 0 Å². The molecule has 0 radical (unpaired) electrons. The molecular weight excluding hydrogens is 274 g/mol. The number of hydrogen-bond donors (Lipinski definition) is 1. The van der Waals surface area contributed by atoms with Crippen LogP contribution in [-0.4, -0.2) is 28.6 Å². The van der Waals surface area contributed by atoms with E-state index in [4.69, 9.17) is 5.11 Å². The fourth-order valence-electron chi connectivity index (χ4n) is 1.79. The Kier molecular flexibility index (Phi) is 4.95. The van der Waals surface area contributed by atoms with Crippen LogP contribution in [0.4, 0.5) is 20.2 Å². The van der Waals surface area contributed by atoms with Crippen LogP contribution in [0.3, 0.4) is 0 Å². The van der Waals surface area contributed by atoms with E-state index in [1.54, 1.807) is 13.8 Å². The first-order chi connectivity index (χ1) is 9.25. The second-order valence-electron chi connectivity index (χ2n) is 4.42. The normalized spacial score (nSPS) is 10.7. The van der Waals surface area contributed by atoms with Crippen molar-refractivity contribution in [1.82, 2.24) is 0 Å². The summed E-state index contributed by atoms with van der Waals surface area (Å²) in [5.41, 5.74) is -1.12. The molecule has 0 fully saturated rings. The van der Waals surface area contributed by atoms with E-state index in [1.165, 1.54) is 4.90 Å². The molecule has 0 spiro atoms. The highest BCUT2D eigenvalue weighted by atomic mass is 19.2. The highest BCUT2D eigenvalue weighted by Gasteiger charge is 2.28. The van der Waals surface area contributed by atoms with Gasteiger partial charge in [0.2, 0.25) is 0 Å². The van der Waals surface area contributed by atoms with Crippen LogP contribution in [0.5, 0.6) is 0 Å². The summed E-state index contributed by atoms with van der Waals surface area (Å²) in [5.74, 6) is -3.69. The molecule has 0 unspecified atom stereocenters. The third kappa shape index (κ3) is 3.40. The zero-order chi connectivity index (χ0) is 15.4. The first kappa shape index (κ1) is 15.8. The standard InChI is InChI=1S/C12H14F2N2O4/c1-7(2)15(6-5-10(17)18)12-9(16(19)20)4-3-8(13)11(12)14/h3-4,7H,5-6H2,1-2H3,(H,17,18). The second-order valence-corrected chi connectivity index (χ2v) is 4.42. The number of hydrogen-bond acceptors (Lipinski definition) is 4. The van der Waals surface area contributed by atoms with E-state index >= 15 is 0 Å². The van der Waals surface area contributed by atoms with Gasteiger partial charge in [-0.3, -0.25) is 14.9 Å². The Morgan fingerprint density at radius 3 is 2.50 bits per heavy atom. The summed E-state index contributed by atoms with van der Waals surface area (Å²) in [7, 11) is 0. The smallest absolute Gasteiger partial charge is 0.305 e. The highest BCUT2D eigenvalue weighted by Crippen LogP contribution is 2.33. The Labute approximate surface area is 113 Å². The summed E-state index contributed by atoms with van der Waals surface area (Å²) in [5, 5.41) is 19.6. The van der Waals surface area contributed by atoms with Gasteiger partial charge in [-0.2, -0.15) is 0 Å². The van der Waals surface area contributed by atoms with Gasteiger partial charge in [-0.25, -0.2) is 8.78 Å². The number of carboxylic acids is 1. The predicted molar refractivity (Wildman–Crippen MR) is 67.7 cm³/mol. The van der Waals surface area contributed by atoms with Crippen LogP contribution in [0.2, 0.25) is 0 Å². The quantitative estimate of drug-likeness (QED) is 0.642. The van der Waals surface area contributed by atoms with E-state index in [0.29, 0.717) is 6.07 Å². The zero-order valence-electron chi connectivity index (χ0n) is 11.0. The van der Waals surface area contributed by atoms with Crippen molar-refractivity contribution >= 4 is 17.3 Å². The van der Waals surface area contributed by atoms with Crippen LogP contribution >= 0.6 is 0 Å². The average molecular weight is 288 g/mol. The number of nitro benzene ring substituents is 1. The maximum Gasteiger partial charge on any atom is 0.305 e. The van der Waals surface area contributed by atoms with Crippen LogP contribution < -0.4 is 4.90 Å². The number of anilines is 1. The molecule has 1 rings (SSSR count). The van der Waals surface area contributed by atoms with Crippen molar-refractivity contribution in [3.63, 3.8) is 0 Å². The van der Waals surface area contributed by atoms with Crippen LogP contribution in [0.15, 0.2) is 12.1 Å². The molecule has 0 heterocycles. The minimum Gasteiger partial charge on any atom is -0.481 e.